The van der Waals surface area contributed by atoms with Crippen molar-refractivity contribution in [3.63, 3.8) is 0 Å². The first-order valence-electron chi connectivity index (χ1n) is 11.6. The molecule has 2 unspecified atom stereocenters. The Kier molecular flexibility index (Phi) is 8.79. The van der Waals surface area contributed by atoms with Crippen LogP contribution in [0.1, 0.15) is 38.5 Å². The highest BCUT2D eigenvalue weighted by atomic mass is 16.3. The second-order valence-corrected chi connectivity index (χ2v) is 8.91. The molecule has 3 rings (SSSR count). The number of rotatable bonds is 11. The van der Waals surface area contributed by atoms with Crippen molar-refractivity contribution in [2.24, 2.45) is 5.92 Å². The van der Waals surface area contributed by atoms with Crippen LogP contribution in [0.2, 0.25) is 0 Å². The zero-order chi connectivity index (χ0) is 24.6. The molecule has 0 aromatic heterocycles. The zero-order valence-corrected chi connectivity index (χ0v) is 19.3. The number of anilines is 1. The lowest BCUT2D eigenvalue weighted by molar-refractivity contribution is -0.133. The van der Waals surface area contributed by atoms with E-state index in [0.29, 0.717) is 18.5 Å². The summed E-state index contributed by atoms with van der Waals surface area (Å²) in [4.78, 5) is 38.2. The van der Waals surface area contributed by atoms with E-state index in [1.807, 2.05) is 36.4 Å². The van der Waals surface area contributed by atoms with Crippen molar-refractivity contribution in [3.8, 4) is 0 Å². The average molecular weight is 468 g/mol. The molecule has 0 spiro atoms. The van der Waals surface area contributed by atoms with Crippen molar-refractivity contribution in [2.75, 3.05) is 18.5 Å². The summed E-state index contributed by atoms with van der Waals surface area (Å²) in [5, 5.41) is 29.6. The highest BCUT2D eigenvalue weighted by Crippen LogP contribution is 2.29. The molecular weight excluding hydrogens is 434 g/mol. The number of hydrogen-bond acceptors (Lipinski definition) is 5. The maximum atomic E-state index is 12.9. The average Bonchev–Trinajstić information content (AvgIpc) is 3.30. The summed E-state index contributed by atoms with van der Waals surface area (Å²) in [6, 6.07) is 12.0. The van der Waals surface area contributed by atoms with Gasteiger partial charge in [0.1, 0.15) is 6.04 Å². The van der Waals surface area contributed by atoms with Crippen molar-refractivity contribution in [2.45, 2.75) is 50.1 Å². The van der Waals surface area contributed by atoms with Gasteiger partial charge in [0, 0.05) is 12.1 Å². The first kappa shape index (κ1) is 25.4. The smallest absolute Gasteiger partial charge is 0.249 e. The van der Waals surface area contributed by atoms with Gasteiger partial charge in [-0.2, -0.15) is 0 Å². The van der Waals surface area contributed by atoms with Crippen molar-refractivity contribution in [1.29, 1.82) is 0 Å². The maximum Gasteiger partial charge on any atom is 0.249 e. The molecule has 8 heteroatoms. The van der Waals surface area contributed by atoms with Gasteiger partial charge in [-0.25, -0.2) is 0 Å². The maximum absolute atomic E-state index is 12.9. The fraction of sp³-hybridized carbons (Fsp3) is 0.423. The van der Waals surface area contributed by atoms with E-state index in [-0.39, 0.29) is 25.4 Å². The van der Waals surface area contributed by atoms with Crippen molar-refractivity contribution in [3.05, 3.63) is 55.1 Å². The summed E-state index contributed by atoms with van der Waals surface area (Å²) >= 11 is 0. The van der Waals surface area contributed by atoms with Crippen LogP contribution < -0.4 is 16.0 Å². The number of fused-ring (bicyclic) bond motifs is 1. The molecule has 1 aliphatic rings. The summed E-state index contributed by atoms with van der Waals surface area (Å²) in [6.45, 7) is 2.93. The molecular formula is C26H33N3O5. The van der Waals surface area contributed by atoms with Gasteiger partial charge in [0.25, 0.3) is 0 Å². The lowest BCUT2D eigenvalue weighted by atomic mass is 9.95. The summed E-state index contributed by atoms with van der Waals surface area (Å²) in [5.41, 5.74) is -0.0797. The van der Waals surface area contributed by atoms with Crippen LogP contribution in [0, 0.1) is 5.92 Å². The van der Waals surface area contributed by atoms with Gasteiger partial charge >= 0.3 is 0 Å². The predicted molar refractivity (Wildman–Crippen MR) is 131 cm³/mol. The monoisotopic (exact) mass is 467 g/mol. The Morgan fingerprint density at radius 2 is 1.74 bits per heavy atom. The van der Waals surface area contributed by atoms with Crippen LogP contribution >= 0.6 is 0 Å². The van der Waals surface area contributed by atoms with Gasteiger partial charge in [-0.05, 0) is 42.2 Å². The Morgan fingerprint density at radius 1 is 1.03 bits per heavy atom. The number of amides is 3. The third-order valence-corrected chi connectivity index (χ3v) is 6.35. The first-order valence-corrected chi connectivity index (χ1v) is 11.6. The number of hydrogen-bond donors (Lipinski definition) is 5. The molecule has 1 saturated carbocycles. The highest BCUT2D eigenvalue weighted by Gasteiger charge is 2.35. The van der Waals surface area contributed by atoms with Crippen LogP contribution in [-0.4, -0.2) is 52.7 Å². The summed E-state index contributed by atoms with van der Waals surface area (Å²) in [5.74, 6) is -2.17. The number of nitrogens with one attached hydrogen (secondary N) is 3. The number of allylic oxidation sites excluding steroid dienone is 1. The third-order valence-electron chi connectivity index (χ3n) is 6.35. The lowest BCUT2D eigenvalue weighted by Crippen LogP contribution is -2.51. The van der Waals surface area contributed by atoms with Crippen LogP contribution in [0.4, 0.5) is 5.69 Å². The standard InChI is InChI=1S/C26H33N3O5/c1-2-7-20(15-23(32)29-26(17-31)12-5-6-13-26)24(33)28-22(16-30)25(34)27-21-11-10-18-8-3-4-9-19(18)14-21/h2-4,8-11,14,20,22,30-31H,1,5-7,12-13,15-17H2,(H,27,34)(H,28,33)(H,29,32). The van der Waals surface area contributed by atoms with E-state index in [1.54, 1.807) is 6.07 Å². The summed E-state index contributed by atoms with van der Waals surface area (Å²) in [6.07, 6.45) is 4.94. The van der Waals surface area contributed by atoms with E-state index in [2.05, 4.69) is 22.5 Å². The van der Waals surface area contributed by atoms with E-state index in [1.165, 1.54) is 6.08 Å². The Labute approximate surface area is 199 Å². The lowest BCUT2D eigenvalue weighted by Gasteiger charge is -2.29. The van der Waals surface area contributed by atoms with Crippen molar-refractivity contribution in [1.82, 2.24) is 10.6 Å². The first-order chi connectivity index (χ1) is 16.4. The van der Waals surface area contributed by atoms with E-state index in [0.717, 1.165) is 23.6 Å². The number of carbonyl (C=O) groups excluding carboxylic acids is 3. The number of benzene rings is 2. The van der Waals surface area contributed by atoms with Crippen molar-refractivity contribution < 1.29 is 24.6 Å². The van der Waals surface area contributed by atoms with Crippen molar-refractivity contribution >= 4 is 34.2 Å². The number of aliphatic hydroxyl groups excluding tert-OH is 2. The van der Waals surface area contributed by atoms with Gasteiger partial charge in [0.2, 0.25) is 17.7 Å². The highest BCUT2D eigenvalue weighted by molar-refractivity contribution is 5.99. The van der Waals surface area contributed by atoms with E-state index in [9.17, 15) is 24.6 Å². The second-order valence-electron chi connectivity index (χ2n) is 8.91. The minimum Gasteiger partial charge on any atom is -0.394 e. The van der Waals surface area contributed by atoms with Gasteiger partial charge < -0.3 is 26.2 Å². The molecule has 2 atom stereocenters. The van der Waals surface area contributed by atoms with E-state index in [4.69, 9.17) is 0 Å². The van der Waals surface area contributed by atoms with Gasteiger partial charge in [-0.15, -0.1) is 6.58 Å². The summed E-state index contributed by atoms with van der Waals surface area (Å²) < 4.78 is 0. The molecule has 0 radical (unpaired) electrons. The Balaban J connectivity index is 1.61. The van der Waals surface area contributed by atoms with E-state index >= 15 is 0 Å². The van der Waals surface area contributed by atoms with Gasteiger partial charge in [-0.1, -0.05) is 49.2 Å². The fourth-order valence-electron chi connectivity index (χ4n) is 4.41. The molecule has 182 valence electrons. The Morgan fingerprint density at radius 3 is 2.38 bits per heavy atom. The van der Waals surface area contributed by atoms with Crippen LogP contribution in [0.15, 0.2) is 55.1 Å². The molecule has 1 aliphatic carbocycles. The second kappa shape index (κ2) is 11.8. The molecule has 0 heterocycles. The van der Waals surface area contributed by atoms with E-state index < -0.39 is 35.9 Å². The molecule has 5 N–H and O–H groups in total. The quantitative estimate of drug-likeness (QED) is 0.324. The topological polar surface area (TPSA) is 128 Å². The molecule has 8 nitrogen and oxygen atoms in total. The third kappa shape index (κ3) is 6.42. The van der Waals surface area contributed by atoms with Crippen LogP contribution in [0.3, 0.4) is 0 Å². The largest absolute Gasteiger partial charge is 0.394 e. The minimum absolute atomic E-state index is 0.107. The number of carbonyl (C=O) groups is 3. The molecule has 0 saturated heterocycles. The number of aliphatic hydroxyl groups is 2. The molecule has 1 fully saturated rings. The molecule has 0 aliphatic heterocycles. The Bertz CT molecular complexity index is 1030. The fourth-order valence-corrected chi connectivity index (χ4v) is 4.41. The molecule has 0 bridgehead atoms. The molecule has 2 aromatic rings. The van der Waals surface area contributed by atoms with Gasteiger partial charge in [0.05, 0.1) is 24.7 Å². The molecule has 34 heavy (non-hydrogen) atoms. The Hall–Kier alpha value is -3.23. The normalized spacial score (nSPS) is 16.4. The van der Waals surface area contributed by atoms with Crippen LogP contribution in [-0.2, 0) is 14.4 Å². The zero-order valence-electron chi connectivity index (χ0n) is 19.3. The van der Waals surface area contributed by atoms with Gasteiger partial charge in [0.15, 0.2) is 0 Å². The summed E-state index contributed by atoms with van der Waals surface area (Å²) in [7, 11) is 0. The molecule has 3 amide bonds. The van der Waals surface area contributed by atoms with Gasteiger partial charge in [-0.3, -0.25) is 14.4 Å². The van der Waals surface area contributed by atoms with Crippen LogP contribution in [0.5, 0.6) is 0 Å². The SMILES string of the molecule is C=CCC(CC(=O)NC1(CO)CCCC1)C(=O)NC(CO)C(=O)Nc1ccc2ccccc2c1. The van der Waals surface area contributed by atoms with Crippen LogP contribution in [0.25, 0.3) is 10.8 Å². The molecule has 2 aromatic carbocycles. The predicted octanol–water partition coefficient (Wildman–Crippen LogP) is 2.26. The minimum atomic E-state index is -1.17.